The van der Waals surface area contributed by atoms with Gasteiger partial charge in [-0.2, -0.15) is 0 Å². The monoisotopic (exact) mass is 266 g/mol. The first-order chi connectivity index (χ1) is 8.56. The van der Waals surface area contributed by atoms with Gasteiger partial charge in [0.15, 0.2) is 0 Å². The van der Waals surface area contributed by atoms with Gasteiger partial charge >= 0.3 is 0 Å². The molecule has 0 bridgehead atoms. The lowest BCUT2D eigenvalue weighted by atomic mass is 10.0. The van der Waals surface area contributed by atoms with Gasteiger partial charge in [-0.25, -0.2) is 4.98 Å². The van der Waals surface area contributed by atoms with Crippen LogP contribution in [0.1, 0.15) is 17.2 Å². The van der Waals surface area contributed by atoms with Crippen LogP contribution in [-0.2, 0) is 6.54 Å². The Morgan fingerprint density at radius 3 is 2.67 bits per heavy atom. The molecule has 2 N–H and O–H groups in total. The largest absolute Gasteiger partial charge is 0.495 e. The van der Waals surface area contributed by atoms with Crippen molar-refractivity contribution in [3.63, 3.8) is 0 Å². The summed E-state index contributed by atoms with van der Waals surface area (Å²) in [5, 5.41) is 0.551. The highest BCUT2D eigenvalue weighted by Gasteiger charge is 2.15. The molecule has 2 rings (SSSR count). The minimum absolute atomic E-state index is 0.282. The van der Waals surface area contributed by atoms with Crippen LogP contribution in [0, 0.1) is 13.8 Å². The fourth-order valence-electron chi connectivity index (χ4n) is 1.86. The first-order valence-corrected chi connectivity index (χ1v) is 5.95. The first kappa shape index (κ1) is 12.9. The summed E-state index contributed by atoms with van der Waals surface area (Å²) in [6.45, 7) is 4.12. The number of aromatic nitrogens is 1. The number of nitrogens with two attached hydrogens (primary N) is 1. The smallest absolute Gasteiger partial charge is 0.208 e. The predicted molar refractivity (Wildman–Crippen MR) is 70.9 cm³/mol. The number of methoxy groups -OCH3 is 1. The number of aryl methyl sites for hydroxylation is 2. The van der Waals surface area contributed by atoms with Crippen molar-refractivity contribution in [2.75, 3.05) is 7.11 Å². The fraction of sp³-hybridized carbons (Fsp3) is 0.308. The molecule has 0 saturated heterocycles. The van der Waals surface area contributed by atoms with Crippen LogP contribution in [0.4, 0.5) is 0 Å². The maximum absolute atomic E-state index is 6.14. The number of nitrogens with zero attached hydrogens (tertiary/aromatic N) is 1. The number of rotatable bonds is 3. The van der Waals surface area contributed by atoms with Crippen LogP contribution < -0.4 is 10.5 Å². The van der Waals surface area contributed by atoms with Crippen LogP contribution >= 0.6 is 11.6 Å². The summed E-state index contributed by atoms with van der Waals surface area (Å²) >= 11 is 6.14. The Kier molecular flexibility index (Phi) is 3.59. The van der Waals surface area contributed by atoms with Crippen LogP contribution in [0.15, 0.2) is 16.5 Å². The summed E-state index contributed by atoms with van der Waals surface area (Å²) in [6.07, 6.45) is 0. The molecule has 5 heteroatoms. The predicted octanol–water partition coefficient (Wildman–Crippen LogP) is 3.08. The third-order valence-electron chi connectivity index (χ3n) is 2.77. The molecule has 0 aliphatic heterocycles. The van der Waals surface area contributed by atoms with Crippen molar-refractivity contribution in [3.8, 4) is 17.0 Å². The highest BCUT2D eigenvalue weighted by atomic mass is 35.5. The van der Waals surface area contributed by atoms with Crippen LogP contribution in [-0.4, -0.2) is 12.1 Å². The number of oxazole rings is 1. The van der Waals surface area contributed by atoms with Gasteiger partial charge in [0.2, 0.25) is 5.89 Å². The Bertz CT molecular complexity index is 579. The van der Waals surface area contributed by atoms with Crippen molar-refractivity contribution in [1.82, 2.24) is 4.98 Å². The molecule has 18 heavy (non-hydrogen) atoms. The Hall–Kier alpha value is -1.52. The lowest BCUT2D eigenvalue weighted by Crippen LogP contribution is -1.96. The number of ether oxygens (including phenoxy) is 1. The molecular formula is C13H15ClN2O2. The molecular weight excluding hydrogens is 252 g/mol. The van der Waals surface area contributed by atoms with Crippen molar-refractivity contribution >= 4 is 11.6 Å². The van der Waals surface area contributed by atoms with Gasteiger partial charge in [0.05, 0.1) is 18.7 Å². The first-order valence-electron chi connectivity index (χ1n) is 5.57. The summed E-state index contributed by atoms with van der Waals surface area (Å²) in [6, 6.07) is 3.72. The zero-order chi connectivity index (χ0) is 13.3. The average molecular weight is 267 g/mol. The molecule has 0 radical (unpaired) electrons. The summed E-state index contributed by atoms with van der Waals surface area (Å²) < 4.78 is 10.6. The Morgan fingerprint density at radius 1 is 1.39 bits per heavy atom. The van der Waals surface area contributed by atoms with Crippen molar-refractivity contribution in [3.05, 3.63) is 34.4 Å². The quantitative estimate of drug-likeness (QED) is 0.927. The van der Waals surface area contributed by atoms with E-state index >= 15 is 0 Å². The molecule has 2 aromatic rings. The summed E-state index contributed by atoms with van der Waals surface area (Å²) in [7, 11) is 1.59. The number of hydrogen-bond donors (Lipinski definition) is 1. The number of halogens is 1. The van der Waals surface area contributed by atoms with Gasteiger partial charge in [-0.15, -0.1) is 0 Å². The SMILES string of the molecule is COc1cc(C)c(-c2nc(CN)oc2C)cc1Cl. The minimum atomic E-state index is 0.282. The molecule has 0 amide bonds. The third-order valence-corrected chi connectivity index (χ3v) is 3.06. The molecule has 0 unspecified atom stereocenters. The molecule has 1 aromatic carbocycles. The topological polar surface area (TPSA) is 61.3 Å². The number of benzene rings is 1. The summed E-state index contributed by atoms with van der Waals surface area (Å²) in [4.78, 5) is 4.36. The lowest BCUT2D eigenvalue weighted by molar-refractivity contribution is 0.415. The van der Waals surface area contributed by atoms with E-state index < -0.39 is 0 Å². The summed E-state index contributed by atoms with van der Waals surface area (Å²) in [5.41, 5.74) is 8.25. The maximum Gasteiger partial charge on any atom is 0.208 e. The molecule has 1 aromatic heterocycles. The maximum atomic E-state index is 6.14. The van der Waals surface area contributed by atoms with E-state index in [4.69, 9.17) is 26.5 Å². The molecule has 1 heterocycles. The normalized spacial score (nSPS) is 10.7. The van der Waals surface area contributed by atoms with Gasteiger partial charge in [0.1, 0.15) is 17.2 Å². The average Bonchev–Trinajstić information content (AvgIpc) is 2.73. The lowest BCUT2D eigenvalue weighted by Gasteiger charge is -2.08. The van der Waals surface area contributed by atoms with Gasteiger partial charge in [-0.3, -0.25) is 0 Å². The van der Waals surface area contributed by atoms with Crippen LogP contribution in [0.5, 0.6) is 5.75 Å². The van der Waals surface area contributed by atoms with Gasteiger partial charge < -0.3 is 14.9 Å². The second kappa shape index (κ2) is 5.00. The van der Waals surface area contributed by atoms with Gasteiger partial charge in [-0.1, -0.05) is 11.6 Å². The summed E-state index contributed by atoms with van der Waals surface area (Å²) in [5.74, 6) is 1.91. The molecule has 0 fully saturated rings. The van der Waals surface area contributed by atoms with Crippen molar-refractivity contribution < 1.29 is 9.15 Å². The molecule has 4 nitrogen and oxygen atoms in total. The number of hydrogen-bond acceptors (Lipinski definition) is 4. The van der Waals surface area contributed by atoms with E-state index in [9.17, 15) is 0 Å². The standard InChI is InChI=1S/C13H15ClN2O2/c1-7-4-11(17-3)10(14)5-9(7)13-8(2)18-12(6-15)16-13/h4-5H,6,15H2,1-3H3. The molecule has 0 saturated carbocycles. The molecule has 96 valence electrons. The van der Waals surface area contributed by atoms with Crippen molar-refractivity contribution in [2.24, 2.45) is 5.73 Å². The van der Waals surface area contributed by atoms with E-state index in [1.54, 1.807) is 7.11 Å². The van der Waals surface area contributed by atoms with Gasteiger partial charge in [0.25, 0.3) is 0 Å². The second-order valence-corrected chi connectivity index (χ2v) is 4.43. The van der Waals surface area contributed by atoms with E-state index in [0.29, 0.717) is 16.7 Å². The van der Waals surface area contributed by atoms with E-state index in [-0.39, 0.29) is 6.54 Å². The zero-order valence-corrected chi connectivity index (χ0v) is 11.3. The van der Waals surface area contributed by atoms with E-state index in [1.807, 2.05) is 26.0 Å². The van der Waals surface area contributed by atoms with E-state index in [1.165, 1.54) is 0 Å². The van der Waals surface area contributed by atoms with E-state index in [2.05, 4.69) is 4.98 Å². The zero-order valence-electron chi connectivity index (χ0n) is 10.6. The van der Waals surface area contributed by atoms with Crippen molar-refractivity contribution in [2.45, 2.75) is 20.4 Å². The highest BCUT2D eigenvalue weighted by Crippen LogP contribution is 2.34. The van der Waals surface area contributed by atoms with Crippen LogP contribution in [0.3, 0.4) is 0 Å². The van der Waals surface area contributed by atoms with Crippen molar-refractivity contribution in [1.29, 1.82) is 0 Å². The molecule has 0 spiro atoms. The minimum Gasteiger partial charge on any atom is -0.495 e. The molecule has 0 aliphatic carbocycles. The Labute approximate surface area is 111 Å². The second-order valence-electron chi connectivity index (χ2n) is 4.02. The third kappa shape index (κ3) is 2.21. The Morgan fingerprint density at radius 2 is 2.11 bits per heavy atom. The fourth-order valence-corrected chi connectivity index (χ4v) is 2.10. The van der Waals surface area contributed by atoms with E-state index in [0.717, 1.165) is 22.6 Å². The molecule has 0 aliphatic rings. The molecule has 0 atom stereocenters. The van der Waals surface area contributed by atoms with Gasteiger partial charge in [0, 0.05) is 5.56 Å². The highest BCUT2D eigenvalue weighted by molar-refractivity contribution is 6.32. The van der Waals surface area contributed by atoms with Gasteiger partial charge in [-0.05, 0) is 31.5 Å². The Balaban J connectivity index is 2.56. The van der Waals surface area contributed by atoms with Crippen LogP contribution in [0.25, 0.3) is 11.3 Å². The van der Waals surface area contributed by atoms with Crippen LogP contribution in [0.2, 0.25) is 5.02 Å².